The van der Waals surface area contributed by atoms with E-state index in [0.29, 0.717) is 13.1 Å². The molecule has 8 heteroatoms. The molecule has 0 aliphatic rings. The third-order valence-corrected chi connectivity index (χ3v) is 4.14. The minimum absolute atomic E-state index is 0.202. The van der Waals surface area contributed by atoms with Crippen LogP contribution in [0.3, 0.4) is 0 Å². The highest BCUT2D eigenvalue weighted by Crippen LogP contribution is 2.15. The molecule has 0 radical (unpaired) electrons. The number of pyridine rings is 1. The van der Waals surface area contributed by atoms with Gasteiger partial charge in [-0.15, -0.1) is 0 Å². The number of carbonyl (C=O) groups excluding carboxylic acids is 2. The lowest BCUT2D eigenvalue weighted by molar-refractivity contribution is 0.0754. The summed E-state index contributed by atoms with van der Waals surface area (Å²) in [6, 6.07) is 4.27. The van der Waals surface area contributed by atoms with E-state index in [1.807, 2.05) is 13.8 Å². The van der Waals surface area contributed by atoms with Gasteiger partial charge in [-0.05, 0) is 31.0 Å². The van der Waals surface area contributed by atoms with Crippen molar-refractivity contribution in [3.8, 4) is 0 Å². The fraction of sp³-hybridized carbons (Fsp3) is 0.350. The van der Waals surface area contributed by atoms with Gasteiger partial charge in [-0.3, -0.25) is 14.4 Å². The van der Waals surface area contributed by atoms with Crippen LogP contribution in [-0.2, 0) is 7.05 Å². The van der Waals surface area contributed by atoms with Gasteiger partial charge in [0.25, 0.3) is 17.4 Å². The highest BCUT2D eigenvalue weighted by molar-refractivity contribution is 6.05. The molecule has 2 rings (SSSR count). The zero-order valence-corrected chi connectivity index (χ0v) is 16.1. The van der Waals surface area contributed by atoms with Gasteiger partial charge in [-0.1, -0.05) is 19.9 Å². The van der Waals surface area contributed by atoms with Crippen LogP contribution in [-0.4, -0.2) is 34.4 Å². The van der Waals surface area contributed by atoms with Gasteiger partial charge in [0, 0.05) is 26.3 Å². The van der Waals surface area contributed by atoms with E-state index in [4.69, 9.17) is 0 Å². The van der Waals surface area contributed by atoms with Gasteiger partial charge >= 0.3 is 0 Å². The Labute approximate surface area is 161 Å². The minimum Gasteiger partial charge on any atom is -0.339 e. The summed E-state index contributed by atoms with van der Waals surface area (Å²) < 4.78 is 28.8. The van der Waals surface area contributed by atoms with E-state index in [-0.39, 0.29) is 17.2 Å². The molecule has 150 valence electrons. The van der Waals surface area contributed by atoms with Crippen LogP contribution in [0.15, 0.2) is 35.3 Å². The van der Waals surface area contributed by atoms with E-state index in [2.05, 4.69) is 5.32 Å². The smallest absolute Gasteiger partial charge is 0.274 e. The van der Waals surface area contributed by atoms with E-state index >= 15 is 0 Å². The summed E-state index contributed by atoms with van der Waals surface area (Å²) in [6.45, 7) is 5.01. The van der Waals surface area contributed by atoms with E-state index in [0.717, 1.165) is 35.6 Å². The molecule has 0 aliphatic carbocycles. The lowest BCUT2D eigenvalue weighted by Gasteiger charge is -2.22. The average Bonchev–Trinajstić information content (AvgIpc) is 2.64. The van der Waals surface area contributed by atoms with Gasteiger partial charge in [0.1, 0.15) is 22.9 Å². The topological polar surface area (TPSA) is 71.4 Å². The molecule has 0 saturated heterocycles. The van der Waals surface area contributed by atoms with Gasteiger partial charge in [0.05, 0.1) is 5.56 Å². The average molecular weight is 391 g/mol. The molecule has 1 aromatic carbocycles. The summed E-state index contributed by atoms with van der Waals surface area (Å²) in [5.41, 5.74) is -1.42. The first-order valence-electron chi connectivity index (χ1n) is 9.05. The van der Waals surface area contributed by atoms with Crippen molar-refractivity contribution in [1.82, 2.24) is 9.47 Å². The number of benzene rings is 1. The molecule has 2 aromatic rings. The zero-order valence-electron chi connectivity index (χ0n) is 16.1. The van der Waals surface area contributed by atoms with E-state index in [1.54, 1.807) is 4.90 Å². The normalized spacial score (nSPS) is 10.6. The molecule has 0 atom stereocenters. The summed E-state index contributed by atoms with van der Waals surface area (Å²) in [4.78, 5) is 39.1. The maximum atomic E-state index is 13.8. The molecular weight excluding hydrogens is 368 g/mol. The van der Waals surface area contributed by atoms with Crippen LogP contribution in [0.2, 0.25) is 0 Å². The summed E-state index contributed by atoms with van der Waals surface area (Å²) in [6.07, 6.45) is 2.92. The first-order chi connectivity index (χ1) is 13.3. The Morgan fingerprint density at radius 2 is 1.68 bits per heavy atom. The predicted octanol–water partition coefficient (Wildman–Crippen LogP) is 3.18. The number of carbonyl (C=O) groups is 2. The lowest BCUT2D eigenvalue weighted by atomic mass is 10.1. The van der Waals surface area contributed by atoms with Crippen LogP contribution < -0.4 is 10.9 Å². The Morgan fingerprint density at radius 1 is 1.11 bits per heavy atom. The van der Waals surface area contributed by atoms with Crippen molar-refractivity contribution in [3.05, 3.63) is 63.6 Å². The van der Waals surface area contributed by atoms with Crippen LogP contribution in [0.4, 0.5) is 14.5 Å². The Balaban J connectivity index is 2.39. The first kappa shape index (κ1) is 21.3. The Kier molecular flexibility index (Phi) is 7.03. The highest BCUT2D eigenvalue weighted by Gasteiger charge is 2.21. The van der Waals surface area contributed by atoms with Crippen LogP contribution >= 0.6 is 0 Å². The molecule has 0 fully saturated rings. The molecule has 0 spiro atoms. The first-order valence-corrected chi connectivity index (χ1v) is 9.05. The number of halogens is 2. The van der Waals surface area contributed by atoms with Gasteiger partial charge in [0.2, 0.25) is 0 Å². The number of amides is 2. The van der Waals surface area contributed by atoms with Crippen molar-refractivity contribution < 1.29 is 18.4 Å². The Bertz CT molecular complexity index is 915. The number of nitrogens with zero attached hydrogens (tertiary/aromatic N) is 2. The molecular formula is C20H23F2N3O3. The second kappa shape index (κ2) is 9.25. The third-order valence-electron chi connectivity index (χ3n) is 4.14. The number of nitrogens with one attached hydrogen (secondary N) is 1. The van der Waals surface area contributed by atoms with Crippen LogP contribution in [0.1, 0.15) is 47.4 Å². The minimum atomic E-state index is -1.10. The van der Waals surface area contributed by atoms with E-state index in [9.17, 15) is 23.2 Å². The Morgan fingerprint density at radius 3 is 2.21 bits per heavy atom. The number of aromatic nitrogens is 1. The monoisotopic (exact) mass is 391 g/mol. The third kappa shape index (κ3) is 4.62. The predicted molar refractivity (Wildman–Crippen MR) is 102 cm³/mol. The SMILES string of the molecule is CCCN(CCC)C(=O)c1cc(NC(=O)c2c(F)cccc2F)c(=O)n(C)c1. The van der Waals surface area contributed by atoms with Crippen molar-refractivity contribution in [2.45, 2.75) is 26.7 Å². The molecule has 0 aliphatic heterocycles. The quantitative estimate of drug-likeness (QED) is 0.788. The van der Waals surface area contributed by atoms with Gasteiger partial charge in [0.15, 0.2) is 0 Å². The molecule has 28 heavy (non-hydrogen) atoms. The maximum Gasteiger partial charge on any atom is 0.274 e. The van der Waals surface area contributed by atoms with Gasteiger partial charge < -0.3 is 14.8 Å². The number of anilines is 1. The van der Waals surface area contributed by atoms with Crippen LogP contribution in [0, 0.1) is 11.6 Å². The Hall–Kier alpha value is -3.03. The summed E-state index contributed by atoms with van der Waals surface area (Å²) >= 11 is 0. The summed E-state index contributed by atoms with van der Waals surface area (Å²) in [5.74, 6) is -3.47. The van der Waals surface area contributed by atoms with Crippen molar-refractivity contribution in [2.75, 3.05) is 18.4 Å². The van der Waals surface area contributed by atoms with Gasteiger partial charge in [-0.2, -0.15) is 0 Å². The summed E-state index contributed by atoms with van der Waals surface area (Å²) in [7, 11) is 1.43. The second-order valence-corrected chi connectivity index (χ2v) is 6.40. The van der Waals surface area contributed by atoms with E-state index in [1.165, 1.54) is 19.3 Å². The van der Waals surface area contributed by atoms with Crippen molar-refractivity contribution >= 4 is 17.5 Å². The van der Waals surface area contributed by atoms with Crippen molar-refractivity contribution in [3.63, 3.8) is 0 Å². The molecule has 0 unspecified atom stereocenters. The number of hydrogen-bond donors (Lipinski definition) is 1. The van der Waals surface area contributed by atoms with Crippen LogP contribution in [0.5, 0.6) is 0 Å². The number of aryl methyl sites for hydroxylation is 1. The molecule has 0 saturated carbocycles. The maximum absolute atomic E-state index is 13.8. The van der Waals surface area contributed by atoms with Crippen LogP contribution in [0.25, 0.3) is 0 Å². The lowest BCUT2D eigenvalue weighted by Crippen LogP contribution is -2.34. The summed E-state index contributed by atoms with van der Waals surface area (Å²) in [5, 5.41) is 2.22. The molecule has 1 N–H and O–H groups in total. The zero-order chi connectivity index (χ0) is 20.8. The molecule has 2 amide bonds. The number of rotatable bonds is 7. The van der Waals surface area contributed by atoms with Crippen molar-refractivity contribution in [1.29, 1.82) is 0 Å². The van der Waals surface area contributed by atoms with Crippen molar-refractivity contribution in [2.24, 2.45) is 7.05 Å². The second-order valence-electron chi connectivity index (χ2n) is 6.40. The fourth-order valence-corrected chi connectivity index (χ4v) is 2.86. The molecule has 6 nitrogen and oxygen atoms in total. The van der Waals surface area contributed by atoms with Gasteiger partial charge in [-0.25, -0.2) is 8.78 Å². The fourth-order valence-electron chi connectivity index (χ4n) is 2.86. The highest BCUT2D eigenvalue weighted by atomic mass is 19.1. The largest absolute Gasteiger partial charge is 0.339 e. The molecule has 1 heterocycles. The molecule has 1 aromatic heterocycles. The standard InChI is InChI=1S/C20H23F2N3O3/c1-4-9-25(10-5-2)19(27)13-11-16(20(28)24(3)12-13)23-18(26)17-14(21)7-6-8-15(17)22/h6-8,11-12H,4-5,9-10H2,1-3H3,(H,23,26). The molecule has 0 bridgehead atoms. The van der Waals surface area contributed by atoms with E-state index < -0.39 is 28.7 Å². The number of hydrogen-bond acceptors (Lipinski definition) is 3.